The SMILES string of the molecule is CNC(=O)CSCc1nc(N)nc(Nc2ccccc2)n1. The normalized spacial score (nSPS) is 10.1. The van der Waals surface area contributed by atoms with E-state index in [0.717, 1.165) is 5.69 Å². The molecule has 4 N–H and O–H groups in total. The lowest BCUT2D eigenvalue weighted by Gasteiger charge is -2.07. The van der Waals surface area contributed by atoms with Crippen LogP contribution >= 0.6 is 11.8 Å². The van der Waals surface area contributed by atoms with Crippen molar-refractivity contribution in [2.24, 2.45) is 0 Å². The first-order valence-electron chi connectivity index (χ1n) is 6.28. The van der Waals surface area contributed by atoms with E-state index >= 15 is 0 Å². The number of benzene rings is 1. The van der Waals surface area contributed by atoms with E-state index in [1.54, 1.807) is 7.05 Å². The Kier molecular flexibility index (Phi) is 5.33. The topological polar surface area (TPSA) is 106 Å². The van der Waals surface area contributed by atoms with Crippen molar-refractivity contribution in [3.05, 3.63) is 36.2 Å². The van der Waals surface area contributed by atoms with E-state index in [0.29, 0.717) is 23.3 Å². The Balaban J connectivity index is 2.01. The quantitative estimate of drug-likeness (QED) is 0.735. The number of rotatable bonds is 6. The highest BCUT2D eigenvalue weighted by atomic mass is 32.2. The van der Waals surface area contributed by atoms with Crippen molar-refractivity contribution < 1.29 is 4.79 Å². The molecule has 1 aromatic heterocycles. The number of thioether (sulfide) groups is 1. The summed E-state index contributed by atoms with van der Waals surface area (Å²) in [4.78, 5) is 23.5. The summed E-state index contributed by atoms with van der Waals surface area (Å²) in [5.41, 5.74) is 6.55. The van der Waals surface area contributed by atoms with Gasteiger partial charge in [0.25, 0.3) is 0 Å². The molecule has 1 heterocycles. The highest BCUT2D eigenvalue weighted by Gasteiger charge is 2.06. The molecule has 1 amide bonds. The standard InChI is InChI=1S/C13H16N6OS/c1-15-11(20)8-21-7-10-17-12(14)19-13(18-10)16-9-5-3-2-4-6-9/h2-6H,7-8H2,1H3,(H,15,20)(H3,14,16,17,18,19). The molecule has 0 radical (unpaired) electrons. The summed E-state index contributed by atoms with van der Waals surface area (Å²) in [5.74, 6) is 1.88. The van der Waals surface area contributed by atoms with Crippen LogP contribution in [0.25, 0.3) is 0 Å². The first kappa shape index (κ1) is 15.0. The second kappa shape index (κ2) is 7.44. The van der Waals surface area contributed by atoms with Crippen LogP contribution in [0.4, 0.5) is 17.6 Å². The van der Waals surface area contributed by atoms with Gasteiger partial charge >= 0.3 is 0 Å². The van der Waals surface area contributed by atoms with Gasteiger partial charge in [0.2, 0.25) is 17.8 Å². The van der Waals surface area contributed by atoms with Crippen LogP contribution in [0.3, 0.4) is 0 Å². The summed E-state index contributed by atoms with van der Waals surface area (Å²) >= 11 is 1.41. The second-order valence-corrected chi connectivity index (χ2v) is 5.08. The molecule has 110 valence electrons. The van der Waals surface area contributed by atoms with Gasteiger partial charge in [-0.3, -0.25) is 4.79 Å². The third kappa shape index (κ3) is 4.92. The smallest absolute Gasteiger partial charge is 0.232 e. The van der Waals surface area contributed by atoms with Crippen LogP contribution in [0, 0.1) is 0 Å². The van der Waals surface area contributed by atoms with Crippen LogP contribution in [-0.2, 0) is 10.5 Å². The number of nitrogens with two attached hydrogens (primary N) is 1. The average molecular weight is 304 g/mol. The van der Waals surface area contributed by atoms with Crippen LogP contribution in [0.2, 0.25) is 0 Å². The largest absolute Gasteiger partial charge is 0.368 e. The molecule has 21 heavy (non-hydrogen) atoms. The van der Waals surface area contributed by atoms with Gasteiger partial charge in [-0.2, -0.15) is 15.0 Å². The molecule has 0 spiro atoms. The fraction of sp³-hybridized carbons (Fsp3) is 0.231. The molecule has 2 aromatic rings. The van der Waals surface area contributed by atoms with Gasteiger partial charge in [0.15, 0.2) is 0 Å². The lowest BCUT2D eigenvalue weighted by atomic mass is 10.3. The number of nitrogens with zero attached hydrogens (tertiary/aromatic N) is 3. The molecule has 0 bridgehead atoms. The third-order valence-electron chi connectivity index (χ3n) is 2.47. The fourth-order valence-electron chi connectivity index (χ4n) is 1.52. The molecule has 0 aliphatic heterocycles. The minimum absolute atomic E-state index is 0.0373. The Bertz CT molecular complexity index is 607. The summed E-state index contributed by atoms with van der Waals surface area (Å²) < 4.78 is 0. The number of hydrogen-bond donors (Lipinski definition) is 3. The van der Waals surface area contributed by atoms with Crippen molar-refractivity contribution in [2.75, 3.05) is 23.9 Å². The monoisotopic (exact) mass is 304 g/mol. The summed E-state index contributed by atoms with van der Waals surface area (Å²) in [6.07, 6.45) is 0. The molecule has 0 saturated carbocycles. The maximum absolute atomic E-state index is 11.2. The maximum atomic E-state index is 11.2. The summed E-state index contributed by atoms with van der Waals surface area (Å²) in [5, 5.41) is 5.62. The minimum Gasteiger partial charge on any atom is -0.368 e. The highest BCUT2D eigenvalue weighted by molar-refractivity contribution is 7.99. The molecule has 8 heteroatoms. The van der Waals surface area contributed by atoms with Crippen molar-refractivity contribution in [2.45, 2.75) is 5.75 Å². The van der Waals surface area contributed by atoms with E-state index in [4.69, 9.17) is 5.73 Å². The molecule has 2 rings (SSSR count). The minimum atomic E-state index is -0.0373. The molecule has 0 unspecified atom stereocenters. The van der Waals surface area contributed by atoms with Crippen molar-refractivity contribution in [3.8, 4) is 0 Å². The Morgan fingerprint density at radius 2 is 2.00 bits per heavy atom. The van der Waals surface area contributed by atoms with Crippen molar-refractivity contribution >= 4 is 35.3 Å². The van der Waals surface area contributed by atoms with Crippen LogP contribution in [0.1, 0.15) is 5.82 Å². The highest BCUT2D eigenvalue weighted by Crippen LogP contribution is 2.15. The number of carbonyl (C=O) groups excluding carboxylic acids is 1. The van der Waals surface area contributed by atoms with Crippen molar-refractivity contribution in [3.63, 3.8) is 0 Å². The summed E-state index contributed by atoms with van der Waals surface area (Å²) in [6, 6.07) is 9.55. The zero-order valence-corrected chi connectivity index (χ0v) is 12.4. The Morgan fingerprint density at radius 1 is 1.24 bits per heavy atom. The second-order valence-electron chi connectivity index (χ2n) is 4.09. The predicted octanol–water partition coefficient (Wildman–Crippen LogP) is 1.18. The molecular weight excluding hydrogens is 288 g/mol. The van der Waals surface area contributed by atoms with Gasteiger partial charge in [-0.25, -0.2) is 0 Å². The first-order chi connectivity index (χ1) is 10.2. The molecule has 0 aliphatic carbocycles. The predicted molar refractivity (Wildman–Crippen MR) is 84.2 cm³/mol. The van der Waals surface area contributed by atoms with E-state index in [1.165, 1.54) is 11.8 Å². The van der Waals surface area contributed by atoms with Crippen molar-refractivity contribution in [1.29, 1.82) is 0 Å². The molecule has 0 saturated heterocycles. The number of para-hydroxylation sites is 1. The van der Waals surface area contributed by atoms with E-state index in [1.807, 2.05) is 30.3 Å². The molecule has 1 aromatic carbocycles. The summed E-state index contributed by atoms with van der Waals surface area (Å²) in [6.45, 7) is 0. The molecular formula is C13H16N6OS. The number of hydrogen-bond acceptors (Lipinski definition) is 7. The van der Waals surface area contributed by atoms with Gasteiger partial charge in [-0.1, -0.05) is 18.2 Å². The molecule has 0 aliphatic rings. The van der Waals surface area contributed by atoms with Crippen LogP contribution in [0.5, 0.6) is 0 Å². The Labute approximate surface area is 126 Å². The zero-order chi connectivity index (χ0) is 15.1. The average Bonchev–Trinajstić information content (AvgIpc) is 2.47. The Hall–Kier alpha value is -2.35. The number of nitrogen functional groups attached to an aromatic ring is 1. The molecule has 0 fully saturated rings. The maximum Gasteiger partial charge on any atom is 0.232 e. The number of carbonyl (C=O) groups is 1. The fourth-order valence-corrected chi connectivity index (χ4v) is 2.26. The van der Waals surface area contributed by atoms with Gasteiger partial charge in [0.05, 0.1) is 11.5 Å². The number of aromatic nitrogens is 3. The Morgan fingerprint density at radius 3 is 2.71 bits per heavy atom. The summed E-state index contributed by atoms with van der Waals surface area (Å²) in [7, 11) is 1.60. The van der Waals surface area contributed by atoms with Gasteiger partial charge in [-0.15, -0.1) is 11.8 Å². The third-order valence-corrected chi connectivity index (χ3v) is 3.40. The first-order valence-corrected chi connectivity index (χ1v) is 7.43. The lowest BCUT2D eigenvalue weighted by molar-refractivity contribution is -0.118. The molecule has 7 nitrogen and oxygen atoms in total. The van der Waals surface area contributed by atoms with Gasteiger partial charge in [0, 0.05) is 12.7 Å². The number of nitrogens with one attached hydrogen (secondary N) is 2. The van der Waals surface area contributed by atoms with Crippen molar-refractivity contribution in [1.82, 2.24) is 20.3 Å². The molecule has 0 atom stereocenters. The van der Waals surface area contributed by atoms with E-state index < -0.39 is 0 Å². The van der Waals surface area contributed by atoms with E-state index in [-0.39, 0.29) is 11.9 Å². The van der Waals surface area contributed by atoms with Gasteiger partial charge < -0.3 is 16.4 Å². The van der Waals surface area contributed by atoms with Gasteiger partial charge in [-0.05, 0) is 12.1 Å². The zero-order valence-electron chi connectivity index (χ0n) is 11.5. The lowest BCUT2D eigenvalue weighted by Crippen LogP contribution is -2.20. The van der Waals surface area contributed by atoms with Gasteiger partial charge in [0.1, 0.15) is 5.82 Å². The van der Waals surface area contributed by atoms with E-state index in [2.05, 4.69) is 25.6 Å². The van der Waals surface area contributed by atoms with Crippen LogP contribution < -0.4 is 16.4 Å². The number of anilines is 3. The van der Waals surface area contributed by atoms with Crippen LogP contribution in [-0.4, -0.2) is 33.7 Å². The number of amides is 1. The van der Waals surface area contributed by atoms with E-state index in [9.17, 15) is 4.79 Å². The van der Waals surface area contributed by atoms with Crippen LogP contribution in [0.15, 0.2) is 30.3 Å².